The largest absolute Gasteiger partial charge is 0.362 e. The van der Waals surface area contributed by atoms with Gasteiger partial charge in [-0.25, -0.2) is 0 Å². The molecule has 6 heteroatoms. The van der Waals surface area contributed by atoms with Gasteiger partial charge in [-0.15, -0.1) is 0 Å². The van der Waals surface area contributed by atoms with Gasteiger partial charge in [0.05, 0.1) is 4.92 Å². The molecule has 108 valence electrons. The van der Waals surface area contributed by atoms with Crippen molar-refractivity contribution in [1.82, 2.24) is 10.2 Å². The van der Waals surface area contributed by atoms with E-state index >= 15 is 0 Å². The fourth-order valence-corrected chi connectivity index (χ4v) is 3.12. The molecule has 2 heterocycles. The molecule has 3 rings (SSSR count). The topological polar surface area (TPSA) is 61.7 Å². The number of hydrogen-bond acceptors (Lipinski definition) is 5. The molecule has 1 aromatic rings. The van der Waals surface area contributed by atoms with Crippen LogP contribution in [0.4, 0.5) is 11.4 Å². The Morgan fingerprint density at radius 2 is 2.00 bits per heavy atom. The van der Waals surface area contributed by atoms with Crippen LogP contribution in [-0.2, 0) is 0 Å². The molecular weight excluding hydrogens is 256 g/mol. The van der Waals surface area contributed by atoms with E-state index in [0.717, 1.165) is 50.5 Å². The number of piperazine rings is 1. The predicted octanol–water partition coefficient (Wildman–Crippen LogP) is 0.997. The third-order valence-corrected chi connectivity index (χ3v) is 4.26. The molecule has 1 aromatic carbocycles. The number of nitro benzene ring substituents is 1. The van der Waals surface area contributed by atoms with Gasteiger partial charge in [-0.1, -0.05) is 12.1 Å². The van der Waals surface area contributed by atoms with Crippen molar-refractivity contribution in [1.29, 1.82) is 0 Å². The van der Waals surface area contributed by atoms with Crippen LogP contribution in [0.1, 0.15) is 5.56 Å². The van der Waals surface area contributed by atoms with E-state index in [4.69, 9.17) is 0 Å². The first-order valence-electron chi connectivity index (χ1n) is 7.10. The van der Waals surface area contributed by atoms with Gasteiger partial charge in [-0.05, 0) is 12.5 Å². The van der Waals surface area contributed by atoms with Crippen molar-refractivity contribution in [3.8, 4) is 0 Å². The Morgan fingerprint density at radius 3 is 2.65 bits per heavy atom. The van der Waals surface area contributed by atoms with Crippen molar-refractivity contribution in [2.24, 2.45) is 0 Å². The van der Waals surface area contributed by atoms with Crippen molar-refractivity contribution in [3.05, 3.63) is 33.9 Å². The zero-order chi connectivity index (χ0) is 14.1. The van der Waals surface area contributed by atoms with E-state index in [2.05, 4.69) is 15.1 Å². The highest BCUT2D eigenvalue weighted by molar-refractivity contribution is 5.69. The standard InChI is InChI=1S/C14H20N4O2/c1-11-3-2-4-13(18(19)20)14(11)17-9-12(10-17)16-7-5-15-6-8-16/h2-4,12,15H,5-10H2,1H3. The van der Waals surface area contributed by atoms with Gasteiger partial charge in [0.2, 0.25) is 0 Å². The first-order chi connectivity index (χ1) is 9.66. The minimum atomic E-state index is -0.277. The molecule has 0 amide bonds. The average Bonchev–Trinajstić information content (AvgIpc) is 2.40. The van der Waals surface area contributed by atoms with E-state index in [1.54, 1.807) is 12.1 Å². The highest BCUT2D eigenvalue weighted by atomic mass is 16.6. The predicted molar refractivity (Wildman–Crippen MR) is 78.3 cm³/mol. The summed E-state index contributed by atoms with van der Waals surface area (Å²) in [6.07, 6.45) is 0. The molecule has 0 unspecified atom stereocenters. The number of hydrogen-bond donors (Lipinski definition) is 1. The first-order valence-corrected chi connectivity index (χ1v) is 7.10. The van der Waals surface area contributed by atoms with Gasteiger partial charge >= 0.3 is 0 Å². The smallest absolute Gasteiger partial charge is 0.292 e. The Bertz CT molecular complexity index is 508. The Labute approximate surface area is 118 Å². The zero-order valence-corrected chi connectivity index (χ0v) is 11.7. The van der Waals surface area contributed by atoms with Crippen LogP contribution in [0.5, 0.6) is 0 Å². The molecule has 0 radical (unpaired) electrons. The van der Waals surface area contributed by atoms with Crippen molar-refractivity contribution < 1.29 is 4.92 Å². The molecule has 6 nitrogen and oxygen atoms in total. The van der Waals surface area contributed by atoms with E-state index in [0.29, 0.717) is 6.04 Å². The van der Waals surface area contributed by atoms with E-state index in [1.165, 1.54) is 0 Å². The van der Waals surface area contributed by atoms with E-state index in [9.17, 15) is 10.1 Å². The normalized spacial score (nSPS) is 20.8. The third kappa shape index (κ3) is 2.36. The molecule has 0 bridgehead atoms. The Kier molecular flexibility index (Phi) is 3.58. The summed E-state index contributed by atoms with van der Waals surface area (Å²) in [5, 5.41) is 14.5. The Hall–Kier alpha value is -1.66. The number of anilines is 1. The number of benzene rings is 1. The molecule has 20 heavy (non-hydrogen) atoms. The van der Waals surface area contributed by atoms with Crippen LogP contribution in [0.25, 0.3) is 0 Å². The zero-order valence-electron chi connectivity index (χ0n) is 11.7. The second-order valence-electron chi connectivity index (χ2n) is 5.54. The van der Waals surface area contributed by atoms with Crippen LogP contribution in [-0.4, -0.2) is 55.1 Å². The minimum absolute atomic E-state index is 0.226. The van der Waals surface area contributed by atoms with Gasteiger partial charge in [-0.2, -0.15) is 0 Å². The van der Waals surface area contributed by atoms with Crippen LogP contribution < -0.4 is 10.2 Å². The van der Waals surface area contributed by atoms with Crippen LogP contribution in [0.3, 0.4) is 0 Å². The number of para-hydroxylation sites is 1. The highest BCUT2D eigenvalue weighted by Gasteiger charge is 2.35. The van der Waals surface area contributed by atoms with Crippen LogP contribution >= 0.6 is 0 Å². The first kappa shape index (κ1) is 13.3. The minimum Gasteiger partial charge on any atom is -0.362 e. The number of rotatable bonds is 3. The second kappa shape index (κ2) is 5.38. The summed E-state index contributed by atoms with van der Waals surface area (Å²) in [4.78, 5) is 15.5. The van der Waals surface area contributed by atoms with Crippen molar-refractivity contribution in [2.75, 3.05) is 44.2 Å². The van der Waals surface area contributed by atoms with Gasteiger partial charge in [-0.3, -0.25) is 15.0 Å². The number of nitro groups is 1. The molecule has 2 fully saturated rings. The van der Waals surface area contributed by atoms with Gasteiger partial charge in [0.25, 0.3) is 5.69 Å². The number of nitrogens with one attached hydrogen (secondary N) is 1. The summed E-state index contributed by atoms with van der Waals surface area (Å²) in [5.41, 5.74) is 2.01. The average molecular weight is 276 g/mol. The lowest BCUT2D eigenvalue weighted by atomic mass is 10.0. The summed E-state index contributed by atoms with van der Waals surface area (Å²) in [6, 6.07) is 5.84. The fourth-order valence-electron chi connectivity index (χ4n) is 3.12. The SMILES string of the molecule is Cc1cccc([N+](=O)[O-])c1N1CC(N2CCNCC2)C1. The third-order valence-electron chi connectivity index (χ3n) is 4.26. The van der Waals surface area contributed by atoms with Gasteiger partial charge in [0.15, 0.2) is 0 Å². The lowest BCUT2D eigenvalue weighted by Crippen LogP contribution is -2.63. The quantitative estimate of drug-likeness (QED) is 0.659. The second-order valence-corrected chi connectivity index (χ2v) is 5.54. The molecular formula is C14H20N4O2. The highest BCUT2D eigenvalue weighted by Crippen LogP contribution is 2.35. The summed E-state index contributed by atoms with van der Waals surface area (Å²) in [5.74, 6) is 0. The molecule has 2 aliphatic heterocycles. The van der Waals surface area contributed by atoms with Crippen molar-refractivity contribution >= 4 is 11.4 Å². The fraction of sp³-hybridized carbons (Fsp3) is 0.571. The van der Waals surface area contributed by atoms with E-state index in [-0.39, 0.29) is 10.6 Å². The molecule has 0 aliphatic carbocycles. The monoisotopic (exact) mass is 276 g/mol. The van der Waals surface area contributed by atoms with Gasteiger partial charge in [0, 0.05) is 51.4 Å². The Morgan fingerprint density at radius 1 is 1.30 bits per heavy atom. The summed E-state index contributed by atoms with van der Waals surface area (Å²) < 4.78 is 0. The number of aryl methyl sites for hydroxylation is 1. The number of nitrogens with zero attached hydrogens (tertiary/aromatic N) is 3. The molecule has 0 saturated carbocycles. The van der Waals surface area contributed by atoms with E-state index in [1.807, 2.05) is 13.0 Å². The lowest BCUT2D eigenvalue weighted by Gasteiger charge is -2.48. The van der Waals surface area contributed by atoms with Crippen LogP contribution in [0, 0.1) is 17.0 Å². The lowest BCUT2D eigenvalue weighted by molar-refractivity contribution is -0.384. The van der Waals surface area contributed by atoms with Crippen molar-refractivity contribution in [3.63, 3.8) is 0 Å². The molecule has 0 aromatic heterocycles. The van der Waals surface area contributed by atoms with Gasteiger partial charge in [0.1, 0.15) is 5.69 Å². The molecule has 0 spiro atoms. The molecule has 1 N–H and O–H groups in total. The van der Waals surface area contributed by atoms with Crippen molar-refractivity contribution in [2.45, 2.75) is 13.0 Å². The molecule has 0 atom stereocenters. The van der Waals surface area contributed by atoms with E-state index < -0.39 is 0 Å². The summed E-state index contributed by atoms with van der Waals surface area (Å²) in [7, 11) is 0. The maximum atomic E-state index is 11.2. The maximum Gasteiger partial charge on any atom is 0.292 e. The van der Waals surface area contributed by atoms with Crippen LogP contribution in [0.15, 0.2) is 18.2 Å². The molecule has 2 aliphatic rings. The Balaban J connectivity index is 1.72. The van der Waals surface area contributed by atoms with Crippen LogP contribution in [0.2, 0.25) is 0 Å². The summed E-state index contributed by atoms with van der Waals surface area (Å²) in [6.45, 7) is 7.97. The maximum absolute atomic E-state index is 11.2. The molecule has 2 saturated heterocycles. The van der Waals surface area contributed by atoms with Gasteiger partial charge < -0.3 is 10.2 Å². The summed E-state index contributed by atoms with van der Waals surface area (Å²) >= 11 is 0.